The van der Waals surface area contributed by atoms with E-state index >= 15 is 0 Å². The highest BCUT2D eigenvalue weighted by molar-refractivity contribution is 5.93. The minimum absolute atomic E-state index is 0.0822. The summed E-state index contributed by atoms with van der Waals surface area (Å²) in [4.78, 5) is 42.7. The third kappa shape index (κ3) is 5.61. The molecule has 0 bridgehead atoms. The zero-order chi connectivity index (χ0) is 27.6. The van der Waals surface area contributed by atoms with E-state index in [1.807, 2.05) is 24.3 Å². The van der Waals surface area contributed by atoms with Gasteiger partial charge in [0.05, 0.1) is 13.7 Å². The standard InChI is InChI=1S/C33H42N2O4/c1-32(2)17-16-28-33(22-32,31(38)39-3)19-26(18-29(36)34-20-23-10-5-4-6-11-23)30(37)35(28)21-25-14-9-13-24-12-7-8-15-27(24)25/h7-9,12-16,23,26H,4-6,10-11,17-22H2,1-3H3,(H,34,36)/t26-,33-/m1/s1. The Morgan fingerprint density at radius 1 is 1.05 bits per heavy atom. The van der Waals surface area contributed by atoms with Crippen LogP contribution in [0.5, 0.6) is 0 Å². The van der Waals surface area contributed by atoms with Crippen molar-refractivity contribution in [2.45, 2.75) is 78.2 Å². The van der Waals surface area contributed by atoms with Gasteiger partial charge < -0.3 is 15.0 Å². The minimum atomic E-state index is -0.955. The number of piperidine rings is 1. The lowest BCUT2D eigenvalue weighted by molar-refractivity contribution is -0.162. The maximum absolute atomic E-state index is 14.1. The number of amides is 2. The fraction of sp³-hybridized carbons (Fsp3) is 0.545. The van der Waals surface area contributed by atoms with Crippen molar-refractivity contribution in [1.29, 1.82) is 0 Å². The number of allylic oxidation sites excluding steroid dienone is 1. The van der Waals surface area contributed by atoms with Crippen molar-refractivity contribution in [1.82, 2.24) is 10.2 Å². The number of nitrogens with one attached hydrogen (secondary N) is 1. The Balaban J connectivity index is 1.47. The molecule has 2 atom stereocenters. The van der Waals surface area contributed by atoms with E-state index in [4.69, 9.17) is 4.74 Å². The van der Waals surface area contributed by atoms with Crippen LogP contribution < -0.4 is 5.32 Å². The van der Waals surface area contributed by atoms with Crippen molar-refractivity contribution >= 4 is 28.6 Å². The van der Waals surface area contributed by atoms with Crippen LogP contribution in [0.1, 0.15) is 77.2 Å². The Kier molecular flexibility index (Phi) is 7.84. The van der Waals surface area contributed by atoms with Gasteiger partial charge in [-0.05, 0) is 59.8 Å². The molecule has 39 heavy (non-hydrogen) atoms. The topological polar surface area (TPSA) is 75.7 Å². The largest absolute Gasteiger partial charge is 0.468 e. The van der Waals surface area contributed by atoms with Crippen LogP contribution in [0.3, 0.4) is 0 Å². The Labute approximate surface area is 232 Å². The summed E-state index contributed by atoms with van der Waals surface area (Å²) in [6, 6.07) is 14.3. The zero-order valence-electron chi connectivity index (χ0n) is 23.6. The third-order valence-corrected chi connectivity index (χ3v) is 9.15. The molecule has 5 rings (SSSR count). The maximum Gasteiger partial charge on any atom is 0.317 e. The summed E-state index contributed by atoms with van der Waals surface area (Å²) in [6.07, 6.45) is 9.82. The molecule has 1 aliphatic heterocycles. The zero-order valence-corrected chi connectivity index (χ0v) is 23.6. The SMILES string of the molecule is COC(=O)[C@@]12C[C@@H](CC(=O)NCC3CCCCC3)C(=O)N(Cc3cccc4ccccc34)C1=CCC(C)(C)C2. The second-order valence-electron chi connectivity index (χ2n) is 12.7. The molecule has 6 nitrogen and oxygen atoms in total. The molecule has 208 valence electrons. The van der Waals surface area contributed by atoms with Gasteiger partial charge in [0.15, 0.2) is 0 Å². The van der Waals surface area contributed by atoms with E-state index in [0.717, 1.165) is 41.3 Å². The molecule has 1 saturated carbocycles. The molecule has 1 saturated heterocycles. The molecular weight excluding hydrogens is 488 g/mol. The lowest BCUT2D eigenvalue weighted by Crippen LogP contribution is -2.55. The van der Waals surface area contributed by atoms with Crippen molar-refractivity contribution in [2.24, 2.45) is 22.7 Å². The van der Waals surface area contributed by atoms with Gasteiger partial charge in [-0.15, -0.1) is 0 Å². The van der Waals surface area contributed by atoms with Crippen molar-refractivity contribution in [3.63, 3.8) is 0 Å². The quantitative estimate of drug-likeness (QED) is 0.437. The molecule has 0 aromatic heterocycles. The summed E-state index contributed by atoms with van der Waals surface area (Å²) in [6.45, 7) is 5.33. The molecule has 1 N–H and O–H groups in total. The summed E-state index contributed by atoms with van der Waals surface area (Å²) < 4.78 is 5.41. The number of benzene rings is 2. The molecule has 0 radical (unpaired) electrons. The van der Waals surface area contributed by atoms with Gasteiger partial charge >= 0.3 is 5.97 Å². The minimum Gasteiger partial charge on any atom is -0.468 e. The van der Waals surface area contributed by atoms with E-state index in [1.165, 1.54) is 26.4 Å². The van der Waals surface area contributed by atoms with Gasteiger partial charge in [0, 0.05) is 24.6 Å². The van der Waals surface area contributed by atoms with Gasteiger partial charge in [0.2, 0.25) is 11.8 Å². The highest BCUT2D eigenvalue weighted by Crippen LogP contribution is 2.55. The Bertz CT molecular complexity index is 1270. The lowest BCUT2D eigenvalue weighted by atomic mass is 9.59. The molecule has 1 heterocycles. The molecule has 2 fully saturated rings. The van der Waals surface area contributed by atoms with E-state index in [9.17, 15) is 14.4 Å². The summed E-state index contributed by atoms with van der Waals surface area (Å²) in [7, 11) is 1.42. The number of esters is 1. The van der Waals surface area contributed by atoms with Crippen LogP contribution in [0.15, 0.2) is 54.2 Å². The molecule has 3 aliphatic rings. The van der Waals surface area contributed by atoms with Crippen molar-refractivity contribution in [3.05, 3.63) is 59.8 Å². The molecule has 0 unspecified atom stereocenters. The summed E-state index contributed by atoms with van der Waals surface area (Å²) in [5.41, 5.74) is 0.680. The number of fused-ring (bicyclic) bond motifs is 2. The van der Waals surface area contributed by atoms with E-state index < -0.39 is 11.3 Å². The highest BCUT2D eigenvalue weighted by Gasteiger charge is 2.57. The van der Waals surface area contributed by atoms with Crippen molar-refractivity contribution in [3.8, 4) is 0 Å². The molecule has 0 spiro atoms. The average molecular weight is 531 g/mol. The van der Waals surface area contributed by atoms with Crippen LogP contribution in [0.25, 0.3) is 10.8 Å². The Morgan fingerprint density at radius 3 is 2.56 bits per heavy atom. The van der Waals surface area contributed by atoms with Gasteiger partial charge in [0.25, 0.3) is 0 Å². The summed E-state index contributed by atoms with van der Waals surface area (Å²) in [5.74, 6) is -0.573. The smallest absolute Gasteiger partial charge is 0.317 e. The first-order valence-corrected chi connectivity index (χ1v) is 14.6. The van der Waals surface area contributed by atoms with Crippen LogP contribution >= 0.6 is 0 Å². The predicted octanol–water partition coefficient (Wildman–Crippen LogP) is 6.14. The highest BCUT2D eigenvalue weighted by atomic mass is 16.5. The normalized spacial score (nSPS) is 25.1. The van der Waals surface area contributed by atoms with Gasteiger partial charge in [0.1, 0.15) is 5.41 Å². The first-order valence-electron chi connectivity index (χ1n) is 14.6. The Morgan fingerprint density at radius 2 is 1.79 bits per heavy atom. The summed E-state index contributed by atoms with van der Waals surface area (Å²) in [5, 5.41) is 5.30. The van der Waals surface area contributed by atoms with E-state index in [0.29, 0.717) is 31.8 Å². The van der Waals surface area contributed by atoms with Crippen LogP contribution in [-0.2, 0) is 25.7 Å². The first kappa shape index (κ1) is 27.4. The molecule has 6 heteroatoms. The molecule has 2 aliphatic carbocycles. The number of hydrogen-bond acceptors (Lipinski definition) is 4. The van der Waals surface area contributed by atoms with Crippen LogP contribution in [0, 0.1) is 22.7 Å². The number of ether oxygens (including phenoxy) is 1. The van der Waals surface area contributed by atoms with Gasteiger partial charge in [-0.25, -0.2) is 0 Å². The number of hydrogen-bond donors (Lipinski definition) is 1. The van der Waals surface area contributed by atoms with Gasteiger partial charge in [-0.3, -0.25) is 14.4 Å². The number of carbonyl (C=O) groups is 3. The Hall–Kier alpha value is -3.15. The number of nitrogens with zero attached hydrogens (tertiary/aromatic N) is 1. The van der Waals surface area contributed by atoms with E-state index in [1.54, 1.807) is 4.90 Å². The third-order valence-electron chi connectivity index (χ3n) is 9.15. The second-order valence-corrected chi connectivity index (χ2v) is 12.7. The molecule has 2 aromatic rings. The maximum atomic E-state index is 14.1. The summed E-state index contributed by atoms with van der Waals surface area (Å²) >= 11 is 0. The molecule has 2 aromatic carbocycles. The number of methoxy groups -OCH3 is 1. The number of likely N-dealkylation sites (tertiary alicyclic amines) is 1. The lowest BCUT2D eigenvalue weighted by Gasteiger charge is -2.51. The van der Waals surface area contributed by atoms with E-state index in [2.05, 4.69) is 43.4 Å². The fourth-order valence-electron chi connectivity index (χ4n) is 7.26. The average Bonchev–Trinajstić information content (AvgIpc) is 2.94. The van der Waals surface area contributed by atoms with Crippen molar-refractivity contribution in [2.75, 3.05) is 13.7 Å². The van der Waals surface area contributed by atoms with Crippen LogP contribution in [-0.4, -0.2) is 36.3 Å². The molecule has 2 amide bonds. The van der Waals surface area contributed by atoms with E-state index in [-0.39, 0.29) is 29.6 Å². The van der Waals surface area contributed by atoms with Crippen LogP contribution in [0.4, 0.5) is 0 Å². The second kappa shape index (κ2) is 11.1. The molecular formula is C33H42N2O4. The number of rotatable bonds is 7. The van der Waals surface area contributed by atoms with Gasteiger partial charge in [-0.2, -0.15) is 0 Å². The fourth-order valence-corrected chi connectivity index (χ4v) is 7.26. The van der Waals surface area contributed by atoms with Crippen LogP contribution in [0.2, 0.25) is 0 Å². The number of carbonyl (C=O) groups excluding carboxylic acids is 3. The van der Waals surface area contributed by atoms with Gasteiger partial charge in [-0.1, -0.05) is 81.7 Å². The van der Waals surface area contributed by atoms with Crippen molar-refractivity contribution < 1.29 is 19.1 Å². The monoisotopic (exact) mass is 530 g/mol. The predicted molar refractivity (Wildman–Crippen MR) is 152 cm³/mol. The first-order chi connectivity index (χ1) is 18.7.